The van der Waals surface area contributed by atoms with Gasteiger partial charge in [0.2, 0.25) is 11.8 Å². The van der Waals surface area contributed by atoms with Gasteiger partial charge in [0.1, 0.15) is 0 Å². The largest absolute Gasteiger partial charge is 0.342 e. The van der Waals surface area contributed by atoms with E-state index in [1.807, 2.05) is 43.0 Å². The smallest absolute Gasteiger partial charge is 0.232 e. The summed E-state index contributed by atoms with van der Waals surface area (Å²) in [7, 11) is 0. The molecule has 0 aromatic heterocycles. The van der Waals surface area contributed by atoms with E-state index in [0.717, 1.165) is 30.6 Å². The van der Waals surface area contributed by atoms with Crippen molar-refractivity contribution in [3.63, 3.8) is 0 Å². The lowest BCUT2D eigenvalue weighted by atomic mass is 9.81. The number of nitrogens with zero attached hydrogens (tertiary/aromatic N) is 1. The number of nitrogens with one attached hydrogen (secondary N) is 1. The number of piperidine rings is 1. The van der Waals surface area contributed by atoms with E-state index < -0.39 is 0 Å². The molecule has 2 aliphatic heterocycles. The van der Waals surface area contributed by atoms with Gasteiger partial charge in [0.05, 0.1) is 5.92 Å². The molecule has 3 rings (SSSR count). The highest BCUT2D eigenvalue weighted by atomic mass is 16.2. The minimum atomic E-state index is -0.107. The molecule has 2 heterocycles. The van der Waals surface area contributed by atoms with Crippen LogP contribution in [0.4, 0.5) is 5.69 Å². The van der Waals surface area contributed by atoms with E-state index >= 15 is 0 Å². The number of likely N-dealkylation sites (tertiary alicyclic amines) is 1. The van der Waals surface area contributed by atoms with Gasteiger partial charge < -0.3 is 10.2 Å². The number of hydrogen-bond acceptors (Lipinski definition) is 2. The minimum absolute atomic E-state index is 0.0217. The van der Waals surface area contributed by atoms with Crippen LogP contribution in [0.1, 0.15) is 38.2 Å². The summed E-state index contributed by atoms with van der Waals surface area (Å²) in [6, 6.07) is 7.90. The molecular formula is C17H22N2O2. The first-order valence-electron chi connectivity index (χ1n) is 7.76. The van der Waals surface area contributed by atoms with Crippen molar-refractivity contribution >= 4 is 17.5 Å². The van der Waals surface area contributed by atoms with Crippen molar-refractivity contribution in [2.45, 2.75) is 32.6 Å². The van der Waals surface area contributed by atoms with Crippen LogP contribution in [0, 0.1) is 11.8 Å². The molecule has 0 aliphatic carbocycles. The topological polar surface area (TPSA) is 49.4 Å². The first kappa shape index (κ1) is 14.1. The Morgan fingerprint density at radius 2 is 2.10 bits per heavy atom. The molecule has 1 saturated heterocycles. The van der Waals surface area contributed by atoms with Crippen LogP contribution in [0.3, 0.4) is 0 Å². The van der Waals surface area contributed by atoms with E-state index in [1.165, 1.54) is 0 Å². The number of anilines is 1. The molecule has 4 heteroatoms. The van der Waals surface area contributed by atoms with Gasteiger partial charge in [-0.25, -0.2) is 0 Å². The number of carbonyl (C=O) groups is 2. The molecule has 1 aromatic rings. The molecule has 0 bridgehead atoms. The molecule has 0 radical (unpaired) electrons. The lowest BCUT2D eigenvalue weighted by molar-refractivity contribution is -0.137. The normalized spacial score (nSPS) is 24.9. The average molecular weight is 286 g/mol. The molecule has 21 heavy (non-hydrogen) atoms. The molecular weight excluding hydrogens is 264 g/mol. The van der Waals surface area contributed by atoms with Crippen LogP contribution in [0.2, 0.25) is 0 Å². The molecule has 2 atom stereocenters. The Morgan fingerprint density at radius 3 is 2.86 bits per heavy atom. The van der Waals surface area contributed by atoms with Crippen LogP contribution >= 0.6 is 0 Å². The van der Waals surface area contributed by atoms with Gasteiger partial charge in [-0.05, 0) is 30.4 Å². The Morgan fingerprint density at radius 1 is 1.33 bits per heavy atom. The van der Waals surface area contributed by atoms with E-state index in [-0.39, 0.29) is 29.6 Å². The average Bonchev–Trinajstić information content (AvgIpc) is 2.82. The van der Waals surface area contributed by atoms with Crippen molar-refractivity contribution in [1.82, 2.24) is 4.90 Å². The minimum Gasteiger partial charge on any atom is -0.342 e. The fraction of sp³-hybridized carbons (Fsp3) is 0.529. The van der Waals surface area contributed by atoms with E-state index in [0.29, 0.717) is 6.54 Å². The third kappa shape index (κ3) is 2.55. The first-order chi connectivity index (χ1) is 10.1. The fourth-order valence-corrected chi connectivity index (χ4v) is 3.55. The van der Waals surface area contributed by atoms with Gasteiger partial charge in [-0.1, -0.05) is 32.0 Å². The number of benzene rings is 1. The van der Waals surface area contributed by atoms with Crippen molar-refractivity contribution < 1.29 is 9.59 Å². The zero-order valence-electron chi connectivity index (χ0n) is 12.6. The van der Waals surface area contributed by atoms with Crippen LogP contribution in [-0.2, 0) is 9.59 Å². The van der Waals surface area contributed by atoms with Gasteiger partial charge in [-0.2, -0.15) is 0 Å². The summed E-state index contributed by atoms with van der Waals surface area (Å²) < 4.78 is 0. The Balaban J connectivity index is 1.81. The number of rotatable bonds is 2. The number of fused-ring (bicyclic) bond motifs is 1. The highest BCUT2D eigenvalue weighted by Crippen LogP contribution is 2.40. The Hall–Kier alpha value is -1.84. The summed E-state index contributed by atoms with van der Waals surface area (Å²) >= 11 is 0. The standard InChI is InChI=1S/C17H22N2O2/c1-11(2)17(21)19-9-5-6-12(10-19)15-13-7-3-4-8-14(13)18-16(15)20/h3-4,7-8,11-12,15H,5-6,9-10H2,1-2H3,(H,18,20)/t12-,15-/m1/s1. The summed E-state index contributed by atoms with van der Waals surface area (Å²) in [4.78, 5) is 26.5. The number of hydrogen-bond donors (Lipinski definition) is 1. The summed E-state index contributed by atoms with van der Waals surface area (Å²) in [6.07, 6.45) is 1.99. The van der Waals surface area contributed by atoms with E-state index in [1.54, 1.807) is 0 Å². The summed E-state index contributed by atoms with van der Waals surface area (Å²) in [5, 5.41) is 2.97. The van der Waals surface area contributed by atoms with Crippen LogP contribution in [-0.4, -0.2) is 29.8 Å². The van der Waals surface area contributed by atoms with Gasteiger partial charge in [0.15, 0.2) is 0 Å². The van der Waals surface area contributed by atoms with E-state index in [4.69, 9.17) is 0 Å². The second-order valence-corrected chi connectivity index (χ2v) is 6.40. The van der Waals surface area contributed by atoms with Gasteiger partial charge in [0.25, 0.3) is 0 Å². The lowest BCUT2D eigenvalue weighted by Crippen LogP contribution is -2.44. The zero-order chi connectivity index (χ0) is 15.0. The molecule has 2 amide bonds. The zero-order valence-corrected chi connectivity index (χ0v) is 12.6. The number of para-hydroxylation sites is 1. The van der Waals surface area contributed by atoms with Crippen LogP contribution in [0.25, 0.3) is 0 Å². The number of amides is 2. The quantitative estimate of drug-likeness (QED) is 0.908. The Labute approximate surface area is 125 Å². The predicted octanol–water partition coefficient (Wildman–Crippen LogP) is 2.62. The van der Waals surface area contributed by atoms with Crippen LogP contribution in [0.5, 0.6) is 0 Å². The molecule has 2 aliphatic rings. The maximum atomic E-state index is 12.3. The van der Waals surface area contributed by atoms with E-state index in [9.17, 15) is 9.59 Å². The Kier molecular flexibility index (Phi) is 3.70. The molecule has 4 nitrogen and oxygen atoms in total. The third-order valence-electron chi connectivity index (χ3n) is 4.57. The maximum absolute atomic E-state index is 12.3. The lowest BCUT2D eigenvalue weighted by Gasteiger charge is -2.36. The maximum Gasteiger partial charge on any atom is 0.232 e. The molecule has 1 aromatic carbocycles. The van der Waals surface area contributed by atoms with Crippen LogP contribution < -0.4 is 5.32 Å². The van der Waals surface area contributed by atoms with Crippen LogP contribution in [0.15, 0.2) is 24.3 Å². The molecule has 0 unspecified atom stereocenters. The summed E-state index contributed by atoms with van der Waals surface area (Å²) in [6.45, 7) is 5.39. The first-order valence-corrected chi connectivity index (χ1v) is 7.76. The molecule has 112 valence electrons. The highest BCUT2D eigenvalue weighted by molar-refractivity contribution is 6.03. The fourth-order valence-electron chi connectivity index (χ4n) is 3.55. The third-order valence-corrected chi connectivity index (χ3v) is 4.57. The van der Waals surface area contributed by atoms with Gasteiger partial charge in [-0.3, -0.25) is 9.59 Å². The van der Waals surface area contributed by atoms with Gasteiger partial charge in [0, 0.05) is 24.7 Å². The second kappa shape index (κ2) is 5.51. The molecule has 0 saturated carbocycles. The van der Waals surface area contributed by atoms with Crippen molar-refractivity contribution in [2.75, 3.05) is 18.4 Å². The van der Waals surface area contributed by atoms with Crippen molar-refractivity contribution in [1.29, 1.82) is 0 Å². The van der Waals surface area contributed by atoms with E-state index in [2.05, 4.69) is 5.32 Å². The summed E-state index contributed by atoms with van der Waals surface area (Å²) in [5.41, 5.74) is 2.02. The predicted molar refractivity (Wildman–Crippen MR) is 82.0 cm³/mol. The SMILES string of the molecule is CC(C)C(=O)N1CCC[C@@H]([C@H]2C(=O)Nc3ccccc32)C1. The van der Waals surface area contributed by atoms with Gasteiger partial charge in [-0.15, -0.1) is 0 Å². The second-order valence-electron chi connectivity index (χ2n) is 6.40. The number of carbonyl (C=O) groups excluding carboxylic acids is 2. The van der Waals surface area contributed by atoms with Crippen molar-refractivity contribution in [2.24, 2.45) is 11.8 Å². The van der Waals surface area contributed by atoms with Crippen molar-refractivity contribution in [3.05, 3.63) is 29.8 Å². The Bertz CT molecular complexity index is 568. The van der Waals surface area contributed by atoms with Gasteiger partial charge >= 0.3 is 0 Å². The summed E-state index contributed by atoms with van der Waals surface area (Å²) in [5.74, 6) is 0.425. The van der Waals surface area contributed by atoms with Crippen molar-refractivity contribution in [3.8, 4) is 0 Å². The monoisotopic (exact) mass is 286 g/mol. The molecule has 1 N–H and O–H groups in total. The molecule has 0 spiro atoms. The highest BCUT2D eigenvalue weighted by Gasteiger charge is 2.39. The molecule has 1 fully saturated rings.